The number of aromatic nitrogens is 1. The van der Waals surface area contributed by atoms with E-state index in [2.05, 4.69) is 4.98 Å². The van der Waals surface area contributed by atoms with Gasteiger partial charge in [-0.25, -0.2) is 0 Å². The van der Waals surface area contributed by atoms with Crippen LogP contribution in [0, 0.1) is 19.8 Å². The monoisotopic (exact) mass is 295 g/mol. The van der Waals surface area contributed by atoms with Crippen molar-refractivity contribution in [1.82, 2.24) is 4.98 Å². The Morgan fingerprint density at radius 3 is 2.65 bits per heavy atom. The van der Waals surface area contributed by atoms with Crippen molar-refractivity contribution in [3.8, 4) is 0 Å². The Morgan fingerprint density at radius 1 is 1.55 bits per heavy atom. The lowest BCUT2D eigenvalue weighted by molar-refractivity contribution is -0.144. The molecule has 5 nitrogen and oxygen atoms in total. The Labute approximate surface area is 125 Å². The van der Waals surface area contributed by atoms with Gasteiger partial charge >= 0.3 is 5.97 Å². The van der Waals surface area contributed by atoms with Gasteiger partial charge in [-0.05, 0) is 19.9 Å². The van der Waals surface area contributed by atoms with Crippen molar-refractivity contribution in [2.24, 2.45) is 11.7 Å². The standard InChI is InChI=1S/C14H21N3O2S/c1-8(14(18)19-5)7-17(4)11-6-9(2)16-10(3)12(11)13(15)20/h6,8H,7H2,1-5H3,(H2,15,20). The van der Waals surface area contributed by atoms with Gasteiger partial charge in [0.2, 0.25) is 0 Å². The van der Waals surface area contributed by atoms with Gasteiger partial charge in [0.15, 0.2) is 0 Å². The molecule has 0 saturated heterocycles. The summed E-state index contributed by atoms with van der Waals surface area (Å²) in [6, 6.07) is 1.92. The minimum atomic E-state index is -0.240. The first-order chi connectivity index (χ1) is 9.27. The van der Waals surface area contributed by atoms with Gasteiger partial charge in [0, 0.05) is 25.0 Å². The summed E-state index contributed by atoms with van der Waals surface area (Å²) in [4.78, 5) is 18.2. The van der Waals surface area contributed by atoms with Crippen molar-refractivity contribution in [3.63, 3.8) is 0 Å². The number of nitrogens with zero attached hydrogens (tertiary/aromatic N) is 2. The summed E-state index contributed by atoms with van der Waals surface area (Å²) in [5.41, 5.74) is 9.12. The fourth-order valence-electron chi connectivity index (χ4n) is 2.20. The number of ether oxygens (including phenoxy) is 1. The molecule has 1 heterocycles. The molecule has 0 aliphatic rings. The number of aryl methyl sites for hydroxylation is 2. The maximum Gasteiger partial charge on any atom is 0.310 e. The fourth-order valence-corrected chi connectivity index (χ4v) is 2.45. The first-order valence-corrected chi connectivity index (χ1v) is 6.75. The molecular weight excluding hydrogens is 274 g/mol. The van der Waals surface area contributed by atoms with Gasteiger partial charge in [0.25, 0.3) is 0 Å². The summed E-state index contributed by atoms with van der Waals surface area (Å²) < 4.78 is 4.75. The molecule has 0 fully saturated rings. The van der Waals surface area contributed by atoms with Crippen molar-refractivity contribution in [3.05, 3.63) is 23.0 Å². The van der Waals surface area contributed by atoms with Crippen LogP contribution in [-0.2, 0) is 9.53 Å². The van der Waals surface area contributed by atoms with Gasteiger partial charge in [0.1, 0.15) is 4.99 Å². The third kappa shape index (κ3) is 3.66. The Kier molecular flexibility index (Phi) is 5.44. The lowest BCUT2D eigenvalue weighted by atomic mass is 10.1. The van der Waals surface area contributed by atoms with Crippen LogP contribution in [0.1, 0.15) is 23.9 Å². The number of anilines is 1. The molecule has 1 aromatic rings. The molecule has 0 aromatic carbocycles. The zero-order valence-corrected chi connectivity index (χ0v) is 13.4. The molecule has 0 spiro atoms. The number of pyridine rings is 1. The quantitative estimate of drug-likeness (QED) is 0.657. The number of thiocarbonyl (C=S) groups is 1. The molecule has 1 rings (SSSR count). The van der Waals surface area contributed by atoms with Crippen LogP contribution in [0.15, 0.2) is 6.07 Å². The average molecular weight is 295 g/mol. The zero-order valence-electron chi connectivity index (χ0n) is 12.6. The van der Waals surface area contributed by atoms with E-state index in [0.29, 0.717) is 11.5 Å². The second-order valence-corrected chi connectivity index (χ2v) is 5.35. The molecule has 110 valence electrons. The lowest BCUT2D eigenvalue weighted by Gasteiger charge is -2.25. The number of nitrogens with two attached hydrogens (primary N) is 1. The molecule has 0 aliphatic heterocycles. The van der Waals surface area contributed by atoms with E-state index in [0.717, 1.165) is 22.6 Å². The summed E-state index contributed by atoms with van der Waals surface area (Å²) in [7, 11) is 3.29. The van der Waals surface area contributed by atoms with Crippen LogP contribution in [0.3, 0.4) is 0 Å². The van der Waals surface area contributed by atoms with Crippen LogP contribution < -0.4 is 10.6 Å². The highest BCUT2D eigenvalue weighted by Crippen LogP contribution is 2.24. The first kappa shape index (κ1) is 16.4. The molecule has 0 saturated carbocycles. The maximum absolute atomic E-state index is 11.5. The molecule has 0 amide bonds. The van der Waals surface area contributed by atoms with E-state index in [9.17, 15) is 4.79 Å². The Morgan fingerprint density at radius 2 is 2.15 bits per heavy atom. The largest absolute Gasteiger partial charge is 0.469 e. The Balaban J connectivity index is 3.12. The summed E-state index contributed by atoms with van der Waals surface area (Å²) in [5.74, 6) is -0.478. The number of carbonyl (C=O) groups is 1. The number of carbonyl (C=O) groups excluding carboxylic acids is 1. The van der Waals surface area contributed by atoms with Crippen molar-refractivity contribution in [2.75, 3.05) is 25.6 Å². The van der Waals surface area contributed by atoms with Crippen molar-refractivity contribution in [2.45, 2.75) is 20.8 Å². The number of rotatable bonds is 5. The highest BCUT2D eigenvalue weighted by atomic mass is 32.1. The van der Waals surface area contributed by atoms with Crippen LogP contribution in [0.4, 0.5) is 5.69 Å². The molecule has 1 aromatic heterocycles. The molecular formula is C14H21N3O2S. The normalized spacial score (nSPS) is 11.8. The summed E-state index contributed by atoms with van der Waals surface area (Å²) in [6.45, 7) is 6.13. The van der Waals surface area contributed by atoms with E-state index < -0.39 is 0 Å². The van der Waals surface area contributed by atoms with Gasteiger partial charge in [-0.15, -0.1) is 0 Å². The number of hydrogen-bond acceptors (Lipinski definition) is 5. The van der Waals surface area contributed by atoms with E-state index in [1.807, 2.05) is 38.8 Å². The number of methoxy groups -OCH3 is 1. The van der Waals surface area contributed by atoms with E-state index in [1.54, 1.807) is 0 Å². The average Bonchev–Trinajstić information content (AvgIpc) is 2.35. The second kappa shape index (κ2) is 6.65. The molecule has 0 bridgehead atoms. The topological polar surface area (TPSA) is 68.5 Å². The van der Waals surface area contributed by atoms with Crippen LogP contribution in [0.5, 0.6) is 0 Å². The van der Waals surface area contributed by atoms with Crippen LogP contribution in [0.25, 0.3) is 0 Å². The summed E-state index contributed by atoms with van der Waals surface area (Å²) in [6.07, 6.45) is 0. The predicted octanol–water partition coefficient (Wildman–Crippen LogP) is 1.58. The predicted molar refractivity (Wildman–Crippen MR) is 84.0 cm³/mol. The molecule has 0 radical (unpaired) electrons. The van der Waals surface area contributed by atoms with Gasteiger partial charge in [-0.1, -0.05) is 19.1 Å². The smallest absolute Gasteiger partial charge is 0.310 e. The van der Waals surface area contributed by atoms with Gasteiger partial charge in [0.05, 0.1) is 24.3 Å². The number of hydrogen-bond donors (Lipinski definition) is 1. The van der Waals surface area contributed by atoms with Crippen LogP contribution >= 0.6 is 12.2 Å². The van der Waals surface area contributed by atoms with Crippen LogP contribution in [0.2, 0.25) is 0 Å². The highest BCUT2D eigenvalue weighted by Gasteiger charge is 2.19. The summed E-state index contributed by atoms with van der Waals surface area (Å²) in [5, 5.41) is 0. The third-order valence-electron chi connectivity index (χ3n) is 3.12. The van der Waals surface area contributed by atoms with Gasteiger partial charge in [-0.2, -0.15) is 0 Å². The minimum Gasteiger partial charge on any atom is -0.469 e. The van der Waals surface area contributed by atoms with E-state index in [1.165, 1.54) is 7.11 Å². The minimum absolute atomic E-state index is 0.238. The van der Waals surface area contributed by atoms with Crippen molar-refractivity contribution < 1.29 is 9.53 Å². The molecule has 1 unspecified atom stereocenters. The van der Waals surface area contributed by atoms with E-state index in [4.69, 9.17) is 22.7 Å². The van der Waals surface area contributed by atoms with Crippen molar-refractivity contribution in [1.29, 1.82) is 0 Å². The van der Waals surface area contributed by atoms with Gasteiger partial charge < -0.3 is 15.4 Å². The molecule has 6 heteroatoms. The maximum atomic E-state index is 11.5. The summed E-state index contributed by atoms with van der Waals surface area (Å²) >= 11 is 5.11. The third-order valence-corrected chi connectivity index (χ3v) is 3.32. The molecule has 1 atom stereocenters. The van der Waals surface area contributed by atoms with Gasteiger partial charge in [-0.3, -0.25) is 9.78 Å². The Bertz CT molecular complexity index is 531. The van der Waals surface area contributed by atoms with Crippen molar-refractivity contribution >= 4 is 28.9 Å². The molecule has 0 aliphatic carbocycles. The lowest BCUT2D eigenvalue weighted by Crippen LogP contribution is -2.31. The van der Waals surface area contributed by atoms with E-state index in [-0.39, 0.29) is 11.9 Å². The second-order valence-electron chi connectivity index (χ2n) is 4.91. The molecule has 20 heavy (non-hydrogen) atoms. The fraction of sp³-hybridized carbons (Fsp3) is 0.500. The Hall–Kier alpha value is -1.69. The highest BCUT2D eigenvalue weighted by molar-refractivity contribution is 7.80. The zero-order chi connectivity index (χ0) is 15.4. The van der Waals surface area contributed by atoms with Crippen LogP contribution in [-0.4, -0.2) is 36.6 Å². The first-order valence-electron chi connectivity index (χ1n) is 6.35. The van der Waals surface area contributed by atoms with E-state index >= 15 is 0 Å². The SMILES string of the molecule is COC(=O)C(C)CN(C)c1cc(C)nc(C)c1C(N)=S. The number of esters is 1. The molecule has 2 N–H and O–H groups in total.